The van der Waals surface area contributed by atoms with Crippen LogP contribution in [-0.2, 0) is 0 Å². The van der Waals surface area contributed by atoms with Gasteiger partial charge in [-0.1, -0.05) is 24.3 Å². The molecule has 1 aliphatic carbocycles. The van der Waals surface area contributed by atoms with Crippen molar-refractivity contribution in [1.82, 2.24) is 4.90 Å². The molecular formula is C8H16LiN. The van der Waals surface area contributed by atoms with Gasteiger partial charge in [0.15, 0.2) is 0 Å². The molecule has 0 N–H and O–H groups in total. The van der Waals surface area contributed by atoms with Gasteiger partial charge in [-0.2, -0.15) is 0 Å². The first-order valence-corrected chi connectivity index (χ1v) is 3.16. The first-order chi connectivity index (χ1) is 4.23. The Morgan fingerprint density at radius 1 is 1.10 bits per heavy atom. The molecule has 0 atom stereocenters. The standard InChI is InChI=1S/C5H6.C3H9N.Li.H/c1-2-4-5-3-1;1-4(2)3;;/h1-4H,5H2;1-3H3;;/q;;+1;-1. The summed E-state index contributed by atoms with van der Waals surface area (Å²) in [5.41, 5.74) is 0. The first-order valence-electron chi connectivity index (χ1n) is 3.16. The van der Waals surface area contributed by atoms with Crippen LogP contribution >= 0.6 is 0 Å². The van der Waals surface area contributed by atoms with E-state index in [9.17, 15) is 0 Å². The third-order valence-electron chi connectivity index (χ3n) is 0.655. The van der Waals surface area contributed by atoms with Crippen molar-refractivity contribution in [2.45, 2.75) is 6.42 Å². The average molecular weight is 133 g/mol. The molecule has 0 saturated heterocycles. The van der Waals surface area contributed by atoms with Gasteiger partial charge in [-0.05, 0) is 27.6 Å². The molecule has 2 heteroatoms. The quantitative estimate of drug-likeness (QED) is 0.375. The summed E-state index contributed by atoms with van der Waals surface area (Å²) in [7, 11) is 6.00. The Kier molecular flexibility index (Phi) is 11.5. The van der Waals surface area contributed by atoms with Crippen molar-refractivity contribution in [2.24, 2.45) is 0 Å². The second kappa shape index (κ2) is 9.04. The van der Waals surface area contributed by atoms with E-state index in [0.717, 1.165) is 6.42 Å². The smallest absolute Gasteiger partial charge is 1.00 e. The Labute approximate surface area is 77.5 Å². The van der Waals surface area contributed by atoms with Crippen LogP contribution in [0.3, 0.4) is 0 Å². The molecule has 0 aromatic carbocycles. The van der Waals surface area contributed by atoms with Crippen molar-refractivity contribution in [3.05, 3.63) is 24.3 Å². The minimum Gasteiger partial charge on any atom is -1.00 e. The summed E-state index contributed by atoms with van der Waals surface area (Å²) in [6.07, 6.45) is 9.50. The first kappa shape index (κ1) is 12.7. The molecule has 0 aromatic rings. The Bertz CT molecular complexity index is 97.9. The maximum Gasteiger partial charge on any atom is 1.00 e. The van der Waals surface area contributed by atoms with Crippen molar-refractivity contribution in [3.63, 3.8) is 0 Å². The molecule has 1 rings (SSSR count). The SMILES string of the molecule is C1=CCC=C1.CN(C)C.[H-].[Li+]. The molecule has 1 nitrogen and oxygen atoms in total. The molecule has 0 heterocycles. The number of hydrogen-bond acceptors (Lipinski definition) is 1. The molecule has 0 fully saturated rings. The zero-order chi connectivity index (χ0) is 7.11. The Balaban J connectivity index is -0.000000101. The largest absolute Gasteiger partial charge is 1.00 e. The zero-order valence-electron chi connectivity index (χ0n) is 8.46. The molecule has 0 bridgehead atoms. The molecule has 0 amide bonds. The van der Waals surface area contributed by atoms with Gasteiger partial charge in [-0.25, -0.2) is 0 Å². The number of allylic oxidation sites excluding steroid dienone is 4. The van der Waals surface area contributed by atoms with E-state index in [4.69, 9.17) is 0 Å². The van der Waals surface area contributed by atoms with Gasteiger partial charge in [-0.3, -0.25) is 0 Å². The molecule has 54 valence electrons. The molecule has 0 unspecified atom stereocenters. The summed E-state index contributed by atoms with van der Waals surface area (Å²) >= 11 is 0. The van der Waals surface area contributed by atoms with E-state index >= 15 is 0 Å². The molecule has 0 spiro atoms. The minimum absolute atomic E-state index is 0. The van der Waals surface area contributed by atoms with E-state index in [2.05, 4.69) is 24.3 Å². The van der Waals surface area contributed by atoms with Crippen LogP contribution in [0.5, 0.6) is 0 Å². The van der Waals surface area contributed by atoms with Gasteiger partial charge in [0.25, 0.3) is 0 Å². The van der Waals surface area contributed by atoms with E-state index in [1.54, 1.807) is 0 Å². The molecule has 0 aromatic heterocycles. The Morgan fingerprint density at radius 3 is 1.50 bits per heavy atom. The van der Waals surface area contributed by atoms with Gasteiger partial charge in [-0.15, -0.1) is 0 Å². The van der Waals surface area contributed by atoms with E-state index in [1.807, 2.05) is 26.0 Å². The number of rotatable bonds is 0. The zero-order valence-corrected chi connectivity index (χ0v) is 7.46. The van der Waals surface area contributed by atoms with E-state index in [-0.39, 0.29) is 20.3 Å². The Hall–Kier alpha value is 0.0374. The van der Waals surface area contributed by atoms with Crippen LogP contribution in [0, 0.1) is 0 Å². The molecule has 0 saturated carbocycles. The topological polar surface area (TPSA) is 3.24 Å². The van der Waals surface area contributed by atoms with Crippen molar-refractivity contribution < 1.29 is 20.3 Å². The van der Waals surface area contributed by atoms with Crippen molar-refractivity contribution in [3.8, 4) is 0 Å². The van der Waals surface area contributed by atoms with Gasteiger partial charge in [0.05, 0.1) is 0 Å². The van der Waals surface area contributed by atoms with Gasteiger partial charge in [0.1, 0.15) is 0 Å². The van der Waals surface area contributed by atoms with Crippen LogP contribution in [0.15, 0.2) is 24.3 Å². The van der Waals surface area contributed by atoms with E-state index in [0.29, 0.717) is 0 Å². The third-order valence-corrected chi connectivity index (χ3v) is 0.655. The number of nitrogens with zero attached hydrogens (tertiary/aromatic N) is 1. The molecular weight excluding hydrogens is 117 g/mol. The summed E-state index contributed by atoms with van der Waals surface area (Å²) < 4.78 is 0. The van der Waals surface area contributed by atoms with Gasteiger partial charge in [0.2, 0.25) is 0 Å². The monoisotopic (exact) mass is 133 g/mol. The van der Waals surface area contributed by atoms with Crippen molar-refractivity contribution >= 4 is 0 Å². The predicted octanol–water partition coefficient (Wildman–Crippen LogP) is -1.20. The van der Waals surface area contributed by atoms with Crippen molar-refractivity contribution in [1.29, 1.82) is 0 Å². The fraction of sp³-hybridized carbons (Fsp3) is 0.500. The fourth-order valence-electron chi connectivity index (χ4n) is 0.393. The molecule has 1 aliphatic rings. The second-order valence-electron chi connectivity index (χ2n) is 2.43. The predicted molar refractivity (Wildman–Crippen MR) is 43.6 cm³/mol. The maximum absolute atomic E-state index is 2.12. The van der Waals surface area contributed by atoms with Crippen LogP contribution in [0.1, 0.15) is 7.85 Å². The minimum atomic E-state index is 0. The number of hydrogen-bond donors (Lipinski definition) is 0. The van der Waals surface area contributed by atoms with Gasteiger partial charge >= 0.3 is 18.9 Å². The van der Waals surface area contributed by atoms with Crippen LogP contribution in [0.2, 0.25) is 0 Å². The van der Waals surface area contributed by atoms with Gasteiger partial charge in [0, 0.05) is 0 Å². The van der Waals surface area contributed by atoms with Crippen LogP contribution < -0.4 is 18.9 Å². The fourth-order valence-corrected chi connectivity index (χ4v) is 0.393. The summed E-state index contributed by atoms with van der Waals surface area (Å²) in [6, 6.07) is 0. The van der Waals surface area contributed by atoms with Crippen LogP contribution in [0.25, 0.3) is 0 Å². The van der Waals surface area contributed by atoms with E-state index in [1.165, 1.54) is 0 Å². The summed E-state index contributed by atoms with van der Waals surface area (Å²) in [5.74, 6) is 0. The normalized spacial score (nSPS) is 12.4. The average Bonchev–Trinajstić information content (AvgIpc) is 2.11. The maximum atomic E-state index is 2.12. The van der Waals surface area contributed by atoms with Gasteiger partial charge < -0.3 is 6.33 Å². The summed E-state index contributed by atoms with van der Waals surface area (Å²) in [4.78, 5) is 2.00. The summed E-state index contributed by atoms with van der Waals surface area (Å²) in [5, 5.41) is 0. The second-order valence-corrected chi connectivity index (χ2v) is 2.43. The van der Waals surface area contributed by atoms with Crippen molar-refractivity contribution in [2.75, 3.05) is 21.1 Å². The molecule has 0 radical (unpaired) electrons. The van der Waals surface area contributed by atoms with Crippen LogP contribution in [0.4, 0.5) is 0 Å². The van der Waals surface area contributed by atoms with Crippen LogP contribution in [-0.4, -0.2) is 26.0 Å². The molecule has 0 aliphatic heterocycles. The molecule has 10 heavy (non-hydrogen) atoms. The third kappa shape index (κ3) is 15.7. The summed E-state index contributed by atoms with van der Waals surface area (Å²) in [6.45, 7) is 0. The Morgan fingerprint density at radius 2 is 1.40 bits per heavy atom. The van der Waals surface area contributed by atoms with E-state index < -0.39 is 0 Å².